The van der Waals surface area contributed by atoms with Crippen molar-refractivity contribution < 1.29 is 10.0 Å². The molecule has 0 amide bonds. The molecule has 1 aromatic heterocycles. The topological polar surface area (TPSA) is 93.2 Å². The van der Waals surface area contributed by atoms with Gasteiger partial charge in [0, 0.05) is 30.9 Å². The zero-order valence-electron chi connectivity index (χ0n) is 13.2. The third-order valence-electron chi connectivity index (χ3n) is 3.75. The Kier molecular flexibility index (Phi) is 3.91. The first kappa shape index (κ1) is 15.5. The van der Waals surface area contributed by atoms with Crippen molar-refractivity contribution in [1.82, 2.24) is 9.55 Å². The molecule has 0 aliphatic carbocycles. The molecule has 0 aliphatic rings. The van der Waals surface area contributed by atoms with E-state index >= 15 is 0 Å². The molecule has 2 N–H and O–H groups in total. The van der Waals surface area contributed by atoms with Crippen molar-refractivity contribution in [2.24, 2.45) is 0 Å². The number of anilines is 1. The predicted octanol–water partition coefficient (Wildman–Crippen LogP) is 3.50. The van der Waals surface area contributed by atoms with Gasteiger partial charge in [0.05, 0.1) is 28.3 Å². The van der Waals surface area contributed by atoms with Crippen molar-refractivity contribution in [2.45, 2.75) is 6.92 Å². The van der Waals surface area contributed by atoms with Crippen molar-refractivity contribution in [2.75, 3.05) is 12.4 Å². The van der Waals surface area contributed by atoms with Crippen molar-refractivity contribution in [1.29, 1.82) is 0 Å². The maximum atomic E-state index is 11.0. The van der Waals surface area contributed by atoms with Gasteiger partial charge < -0.3 is 15.0 Å². The van der Waals surface area contributed by atoms with Crippen LogP contribution in [0.25, 0.3) is 16.9 Å². The van der Waals surface area contributed by atoms with Gasteiger partial charge in [0.15, 0.2) is 0 Å². The molecule has 0 aliphatic heterocycles. The first-order chi connectivity index (χ1) is 11.5. The van der Waals surface area contributed by atoms with Crippen molar-refractivity contribution in [3.63, 3.8) is 0 Å². The fourth-order valence-electron chi connectivity index (χ4n) is 2.51. The lowest BCUT2D eigenvalue weighted by atomic mass is 10.1. The molecule has 122 valence electrons. The maximum Gasteiger partial charge on any atom is 0.271 e. The normalized spacial score (nSPS) is 10.6. The lowest BCUT2D eigenvalue weighted by molar-refractivity contribution is -0.384. The van der Waals surface area contributed by atoms with Crippen LogP contribution < -0.4 is 5.32 Å². The number of nitro groups is 1. The van der Waals surface area contributed by atoms with Crippen LogP contribution in [0.2, 0.25) is 0 Å². The van der Waals surface area contributed by atoms with Crippen molar-refractivity contribution in [3.8, 4) is 22.7 Å². The second-order valence-corrected chi connectivity index (χ2v) is 5.40. The Bertz CT molecular complexity index is 918. The first-order valence-electron chi connectivity index (χ1n) is 7.30. The van der Waals surface area contributed by atoms with E-state index < -0.39 is 4.92 Å². The molecule has 0 saturated heterocycles. The monoisotopic (exact) mass is 324 g/mol. The number of hydrogen-bond acceptors (Lipinski definition) is 5. The molecule has 0 radical (unpaired) electrons. The van der Waals surface area contributed by atoms with Gasteiger partial charge in [-0.25, -0.2) is 4.98 Å². The number of aryl methyl sites for hydroxylation is 1. The van der Waals surface area contributed by atoms with E-state index in [0.717, 1.165) is 11.3 Å². The number of benzene rings is 2. The number of phenolic OH excluding ortho intramolecular Hbond substituents is 1. The fourth-order valence-corrected chi connectivity index (χ4v) is 2.51. The van der Waals surface area contributed by atoms with Gasteiger partial charge in [-0.05, 0) is 30.7 Å². The van der Waals surface area contributed by atoms with E-state index in [0.29, 0.717) is 16.9 Å². The summed E-state index contributed by atoms with van der Waals surface area (Å²) in [5.74, 6) is 0.146. The van der Waals surface area contributed by atoms with Crippen LogP contribution in [0.4, 0.5) is 11.4 Å². The molecule has 0 fully saturated rings. The first-order valence-corrected chi connectivity index (χ1v) is 7.30. The summed E-state index contributed by atoms with van der Waals surface area (Å²) in [7, 11) is 1.74. The number of imidazole rings is 1. The van der Waals surface area contributed by atoms with Gasteiger partial charge in [0.2, 0.25) is 0 Å². The molecular weight excluding hydrogens is 308 g/mol. The number of non-ortho nitro benzene ring substituents is 1. The number of rotatable bonds is 4. The largest absolute Gasteiger partial charge is 0.507 e. The summed E-state index contributed by atoms with van der Waals surface area (Å²) in [5, 5.41) is 24.1. The van der Waals surface area contributed by atoms with E-state index in [4.69, 9.17) is 0 Å². The molecule has 0 atom stereocenters. The molecule has 1 heterocycles. The van der Waals surface area contributed by atoms with Crippen LogP contribution in [0.1, 0.15) is 5.56 Å². The van der Waals surface area contributed by atoms with E-state index in [9.17, 15) is 15.2 Å². The van der Waals surface area contributed by atoms with Crippen LogP contribution >= 0.6 is 0 Å². The zero-order chi connectivity index (χ0) is 17.3. The second kappa shape index (κ2) is 6.04. The number of nitrogens with zero attached hydrogens (tertiary/aromatic N) is 3. The third-order valence-corrected chi connectivity index (χ3v) is 3.75. The third kappa shape index (κ3) is 2.79. The fraction of sp³-hybridized carbons (Fsp3) is 0.118. The Hall–Kier alpha value is -3.35. The van der Waals surface area contributed by atoms with E-state index in [1.54, 1.807) is 42.3 Å². The number of hydrogen-bond donors (Lipinski definition) is 2. The van der Waals surface area contributed by atoms with Crippen LogP contribution in [0.5, 0.6) is 5.75 Å². The molecule has 7 heteroatoms. The summed E-state index contributed by atoms with van der Waals surface area (Å²) in [6.07, 6.45) is 3.29. The average Bonchev–Trinajstić information content (AvgIpc) is 3.03. The van der Waals surface area contributed by atoms with Crippen LogP contribution in [-0.2, 0) is 0 Å². The van der Waals surface area contributed by atoms with Crippen LogP contribution in [0, 0.1) is 17.0 Å². The zero-order valence-corrected chi connectivity index (χ0v) is 13.2. The maximum absolute atomic E-state index is 11.0. The molecule has 0 saturated carbocycles. The lowest BCUT2D eigenvalue weighted by Gasteiger charge is -2.09. The number of phenols is 1. The second-order valence-electron chi connectivity index (χ2n) is 5.40. The minimum absolute atomic E-state index is 0.00238. The molecule has 3 rings (SSSR count). The highest BCUT2D eigenvalue weighted by Crippen LogP contribution is 2.31. The van der Waals surface area contributed by atoms with Gasteiger partial charge in [0.25, 0.3) is 5.69 Å². The van der Waals surface area contributed by atoms with Gasteiger partial charge in [0.1, 0.15) is 5.75 Å². The SMILES string of the molecule is CNc1ccc([N+](=O)[O-])cc1-n1cnc(-c2ccc(C)cc2O)c1. The summed E-state index contributed by atoms with van der Waals surface area (Å²) < 4.78 is 1.69. The predicted molar refractivity (Wildman–Crippen MR) is 91.6 cm³/mol. The standard InChI is InChI=1S/C17H16N4O3/c1-11-3-5-13(17(22)7-11)15-9-20(10-19-15)16-8-12(21(23)24)4-6-14(16)18-2/h3-10,18,22H,1-2H3. The highest BCUT2D eigenvalue weighted by molar-refractivity contribution is 5.69. The van der Waals surface area contributed by atoms with Gasteiger partial charge in [-0.3, -0.25) is 10.1 Å². The molecule has 24 heavy (non-hydrogen) atoms. The molecule has 2 aromatic carbocycles. The van der Waals surface area contributed by atoms with Gasteiger partial charge in [-0.1, -0.05) is 6.07 Å². The van der Waals surface area contributed by atoms with Crippen LogP contribution in [0.15, 0.2) is 48.9 Å². The molecule has 0 unspecified atom stereocenters. The Balaban J connectivity index is 2.07. The van der Waals surface area contributed by atoms with Crippen molar-refractivity contribution in [3.05, 3.63) is 64.6 Å². The highest BCUT2D eigenvalue weighted by atomic mass is 16.6. The Morgan fingerprint density at radius 3 is 2.71 bits per heavy atom. The summed E-state index contributed by atoms with van der Waals surface area (Å²) in [4.78, 5) is 14.9. The van der Waals surface area contributed by atoms with E-state index in [2.05, 4.69) is 10.3 Å². The Labute approximate surface area is 138 Å². The average molecular weight is 324 g/mol. The van der Waals surface area contributed by atoms with Crippen molar-refractivity contribution >= 4 is 11.4 Å². The minimum atomic E-state index is -0.438. The number of aromatic hydroxyl groups is 1. The summed E-state index contributed by atoms with van der Waals surface area (Å²) in [5.41, 5.74) is 3.48. The minimum Gasteiger partial charge on any atom is -0.507 e. The van der Waals surface area contributed by atoms with E-state index in [1.807, 2.05) is 13.0 Å². The van der Waals surface area contributed by atoms with E-state index in [-0.39, 0.29) is 11.4 Å². The van der Waals surface area contributed by atoms with Gasteiger partial charge >= 0.3 is 0 Å². The molecule has 7 nitrogen and oxygen atoms in total. The summed E-state index contributed by atoms with van der Waals surface area (Å²) in [6.45, 7) is 1.89. The van der Waals surface area contributed by atoms with Crippen LogP contribution in [0.3, 0.4) is 0 Å². The van der Waals surface area contributed by atoms with Crippen LogP contribution in [-0.4, -0.2) is 26.6 Å². The Morgan fingerprint density at radius 1 is 1.25 bits per heavy atom. The molecule has 0 spiro atoms. The quantitative estimate of drug-likeness (QED) is 0.566. The van der Waals surface area contributed by atoms with Gasteiger partial charge in [-0.15, -0.1) is 0 Å². The molecular formula is C17H16N4O3. The summed E-state index contributed by atoms with van der Waals surface area (Å²) >= 11 is 0. The number of nitro benzene ring substituents is 1. The highest BCUT2D eigenvalue weighted by Gasteiger charge is 2.14. The number of nitrogens with one attached hydrogen (secondary N) is 1. The lowest BCUT2D eigenvalue weighted by Crippen LogP contribution is -2.00. The summed E-state index contributed by atoms with van der Waals surface area (Å²) in [6, 6.07) is 9.92. The smallest absolute Gasteiger partial charge is 0.271 e. The molecule has 0 bridgehead atoms. The van der Waals surface area contributed by atoms with Gasteiger partial charge in [-0.2, -0.15) is 0 Å². The van der Waals surface area contributed by atoms with E-state index in [1.165, 1.54) is 12.1 Å². The molecule has 3 aromatic rings. The Morgan fingerprint density at radius 2 is 2.04 bits per heavy atom. The number of aromatic nitrogens is 2.